The number of hydrogen-bond donors (Lipinski definition) is 3. The SMILES string of the molecule is O=C(CSc1cccc(NC(=O)/C(=C\c2cccc(Br)c2)NC(=O)c2ccccc2)c1)NC1=NN(c2ccccc2)C(=O)C1. The van der Waals surface area contributed by atoms with Gasteiger partial charge in [0, 0.05) is 20.6 Å². The van der Waals surface area contributed by atoms with Crippen LogP contribution in [0.15, 0.2) is 129 Å². The van der Waals surface area contributed by atoms with E-state index in [0.29, 0.717) is 22.5 Å². The maximum absolute atomic E-state index is 13.4. The third-order valence-corrected chi connectivity index (χ3v) is 7.70. The van der Waals surface area contributed by atoms with Crippen LogP contribution in [0.3, 0.4) is 0 Å². The largest absolute Gasteiger partial charge is 0.321 e. The van der Waals surface area contributed by atoms with Crippen molar-refractivity contribution < 1.29 is 19.2 Å². The lowest BCUT2D eigenvalue weighted by Gasteiger charge is -2.12. The second kappa shape index (κ2) is 14.5. The van der Waals surface area contributed by atoms with Crippen molar-refractivity contribution in [3.05, 3.63) is 130 Å². The van der Waals surface area contributed by atoms with Gasteiger partial charge in [-0.15, -0.1) is 11.8 Å². The van der Waals surface area contributed by atoms with Gasteiger partial charge in [-0.2, -0.15) is 10.1 Å². The van der Waals surface area contributed by atoms with Crippen molar-refractivity contribution in [1.29, 1.82) is 0 Å². The van der Waals surface area contributed by atoms with Gasteiger partial charge in [0.2, 0.25) is 5.91 Å². The zero-order valence-corrected chi connectivity index (χ0v) is 25.6. The summed E-state index contributed by atoms with van der Waals surface area (Å²) in [4.78, 5) is 52.0. The van der Waals surface area contributed by atoms with Crippen LogP contribution in [0.1, 0.15) is 22.3 Å². The molecule has 1 aliphatic heterocycles. The van der Waals surface area contributed by atoms with E-state index in [4.69, 9.17) is 0 Å². The Balaban J connectivity index is 1.22. The Kier molecular flexibility index (Phi) is 10.0. The highest BCUT2D eigenvalue weighted by Crippen LogP contribution is 2.23. The Morgan fingerprint density at radius 1 is 0.864 bits per heavy atom. The first-order chi connectivity index (χ1) is 21.3. The molecule has 0 unspecified atom stereocenters. The summed E-state index contributed by atoms with van der Waals surface area (Å²) in [6, 6.07) is 32.0. The molecule has 4 aromatic carbocycles. The van der Waals surface area contributed by atoms with Gasteiger partial charge in [0.1, 0.15) is 11.5 Å². The van der Waals surface area contributed by atoms with Crippen LogP contribution in [0.4, 0.5) is 11.4 Å². The number of thioether (sulfide) groups is 1. The van der Waals surface area contributed by atoms with E-state index in [-0.39, 0.29) is 35.5 Å². The van der Waals surface area contributed by atoms with Gasteiger partial charge in [-0.1, -0.05) is 70.5 Å². The minimum atomic E-state index is -0.513. The fourth-order valence-corrected chi connectivity index (χ4v) is 5.36. The molecule has 220 valence electrons. The molecular weight excluding hydrogens is 642 g/mol. The normalized spacial score (nSPS) is 12.8. The third kappa shape index (κ3) is 8.30. The first kappa shape index (κ1) is 30.5. The van der Waals surface area contributed by atoms with Crippen LogP contribution in [-0.4, -0.2) is 35.2 Å². The molecule has 0 spiro atoms. The van der Waals surface area contributed by atoms with E-state index in [2.05, 4.69) is 37.0 Å². The average Bonchev–Trinajstić information content (AvgIpc) is 3.40. The van der Waals surface area contributed by atoms with E-state index in [1.807, 2.05) is 48.5 Å². The summed E-state index contributed by atoms with van der Waals surface area (Å²) in [6.07, 6.45) is 1.60. The lowest BCUT2D eigenvalue weighted by atomic mass is 10.1. The molecule has 44 heavy (non-hydrogen) atoms. The van der Waals surface area contributed by atoms with Crippen LogP contribution in [0, 0.1) is 0 Å². The predicted octanol–water partition coefficient (Wildman–Crippen LogP) is 5.82. The Morgan fingerprint density at radius 3 is 2.34 bits per heavy atom. The van der Waals surface area contributed by atoms with E-state index < -0.39 is 11.8 Å². The zero-order chi connectivity index (χ0) is 30.9. The highest BCUT2D eigenvalue weighted by molar-refractivity contribution is 9.10. The van der Waals surface area contributed by atoms with Gasteiger partial charge in [-0.3, -0.25) is 19.2 Å². The highest BCUT2D eigenvalue weighted by atomic mass is 79.9. The van der Waals surface area contributed by atoms with Crippen LogP contribution < -0.4 is 21.0 Å². The predicted molar refractivity (Wildman–Crippen MR) is 176 cm³/mol. The number of nitrogens with zero attached hydrogens (tertiary/aromatic N) is 2. The fourth-order valence-electron chi connectivity index (χ4n) is 4.18. The van der Waals surface area contributed by atoms with Gasteiger partial charge in [0.15, 0.2) is 0 Å². The number of rotatable bonds is 9. The molecule has 0 aliphatic carbocycles. The Hall–Kier alpha value is -5.00. The first-order valence-electron chi connectivity index (χ1n) is 13.5. The van der Waals surface area contributed by atoms with Crippen molar-refractivity contribution in [2.24, 2.45) is 5.10 Å². The number of para-hydroxylation sites is 1. The number of carbonyl (C=O) groups excluding carboxylic acids is 4. The maximum atomic E-state index is 13.4. The van der Waals surface area contributed by atoms with Crippen LogP contribution in [0.5, 0.6) is 0 Å². The van der Waals surface area contributed by atoms with E-state index in [9.17, 15) is 19.2 Å². The molecule has 0 bridgehead atoms. The summed E-state index contributed by atoms with van der Waals surface area (Å²) in [5, 5.41) is 13.8. The number of benzene rings is 4. The number of hydrogen-bond acceptors (Lipinski definition) is 6. The topological polar surface area (TPSA) is 120 Å². The fraction of sp³-hybridized carbons (Fsp3) is 0.0606. The third-order valence-electron chi connectivity index (χ3n) is 6.21. The first-order valence-corrected chi connectivity index (χ1v) is 15.2. The van der Waals surface area contributed by atoms with Crippen molar-refractivity contribution in [2.45, 2.75) is 11.3 Å². The summed E-state index contributed by atoms with van der Waals surface area (Å²) in [5.74, 6) is -1.12. The second-order valence-corrected chi connectivity index (χ2v) is 11.5. The molecule has 9 nitrogen and oxygen atoms in total. The molecule has 3 N–H and O–H groups in total. The molecule has 4 amide bonds. The summed E-state index contributed by atoms with van der Waals surface area (Å²) < 4.78 is 0.828. The van der Waals surface area contributed by atoms with Crippen molar-refractivity contribution in [3.63, 3.8) is 0 Å². The van der Waals surface area contributed by atoms with Crippen LogP contribution >= 0.6 is 27.7 Å². The van der Waals surface area contributed by atoms with Crippen molar-refractivity contribution >= 4 is 74.6 Å². The summed E-state index contributed by atoms with van der Waals surface area (Å²) in [6.45, 7) is 0. The van der Waals surface area contributed by atoms with Gasteiger partial charge in [-0.05, 0) is 66.2 Å². The summed E-state index contributed by atoms with van der Waals surface area (Å²) >= 11 is 4.70. The molecule has 11 heteroatoms. The van der Waals surface area contributed by atoms with Crippen LogP contribution in [0.2, 0.25) is 0 Å². The van der Waals surface area contributed by atoms with Gasteiger partial charge in [-0.25, -0.2) is 0 Å². The molecule has 0 fully saturated rings. The Bertz CT molecular complexity index is 1760. The maximum Gasteiger partial charge on any atom is 0.272 e. The minimum Gasteiger partial charge on any atom is -0.321 e. The van der Waals surface area contributed by atoms with Crippen LogP contribution in [0.25, 0.3) is 6.08 Å². The van der Waals surface area contributed by atoms with Gasteiger partial charge < -0.3 is 16.0 Å². The number of amides is 4. The van der Waals surface area contributed by atoms with Crippen molar-refractivity contribution in [1.82, 2.24) is 10.6 Å². The van der Waals surface area contributed by atoms with E-state index in [1.54, 1.807) is 66.7 Å². The Labute approximate surface area is 266 Å². The molecule has 1 heterocycles. The molecule has 0 aromatic heterocycles. The number of carbonyl (C=O) groups is 4. The molecule has 5 rings (SSSR count). The van der Waals surface area contributed by atoms with Gasteiger partial charge in [0.05, 0.1) is 17.9 Å². The number of nitrogens with one attached hydrogen (secondary N) is 3. The quantitative estimate of drug-likeness (QED) is 0.154. The zero-order valence-electron chi connectivity index (χ0n) is 23.2. The van der Waals surface area contributed by atoms with E-state index in [1.165, 1.54) is 16.8 Å². The number of amidine groups is 1. The molecule has 0 atom stereocenters. The number of anilines is 2. The number of hydrazone groups is 1. The lowest BCUT2D eigenvalue weighted by molar-refractivity contribution is -0.117. The van der Waals surface area contributed by atoms with Crippen molar-refractivity contribution in [2.75, 3.05) is 16.1 Å². The monoisotopic (exact) mass is 667 g/mol. The average molecular weight is 669 g/mol. The van der Waals surface area contributed by atoms with E-state index >= 15 is 0 Å². The Morgan fingerprint density at radius 2 is 1.59 bits per heavy atom. The lowest BCUT2D eigenvalue weighted by Crippen LogP contribution is -2.31. The molecular formula is C33H26BrN5O4S. The second-order valence-electron chi connectivity index (χ2n) is 9.52. The van der Waals surface area contributed by atoms with E-state index in [0.717, 1.165) is 9.37 Å². The summed E-state index contributed by atoms with van der Waals surface area (Å²) in [7, 11) is 0. The molecule has 0 saturated heterocycles. The minimum absolute atomic E-state index is 0.00339. The molecule has 0 radical (unpaired) electrons. The standard InChI is InChI=1S/C33H26BrN5O4S/c34-24-12-7-9-22(17-24)18-28(36-32(42)23-10-3-1-4-11-23)33(43)35-25-13-8-16-27(19-25)44-21-30(40)37-29-20-31(41)39(38-29)26-14-5-2-6-15-26/h1-19H,20-21H2,(H,35,43)(H,36,42)(H,37,38,40)/b28-18+. The van der Waals surface area contributed by atoms with Gasteiger partial charge in [0.25, 0.3) is 17.7 Å². The van der Waals surface area contributed by atoms with Crippen LogP contribution in [-0.2, 0) is 14.4 Å². The van der Waals surface area contributed by atoms with Crippen molar-refractivity contribution in [3.8, 4) is 0 Å². The highest BCUT2D eigenvalue weighted by Gasteiger charge is 2.26. The molecule has 1 aliphatic rings. The summed E-state index contributed by atoms with van der Waals surface area (Å²) in [5.41, 5.74) is 2.31. The smallest absolute Gasteiger partial charge is 0.272 e. The van der Waals surface area contributed by atoms with Gasteiger partial charge >= 0.3 is 0 Å². The molecule has 0 saturated carbocycles. The molecule has 4 aromatic rings. The number of halogens is 1.